The predicted molar refractivity (Wildman–Crippen MR) is 189 cm³/mol. The Labute approximate surface area is 288 Å². The molecule has 8 bridgehead atoms. The van der Waals surface area contributed by atoms with Crippen molar-refractivity contribution in [1.29, 1.82) is 0 Å². The van der Waals surface area contributed by atoms with Crippen molar-refractivity contribution in [2.75, 3.05) is 0 Å². The Morgan fingerprint density at radius 3 is 1.06 bits per heavy atom. The van der Waals surface area contributed by atoms with E-state index >= 15 is 0 Å². The summed E-state index contributed by atoms with van der Waals surface area (Å²) in [4.78, 5) is 40.4. The Morgan fingerprint density at radius 1 is 0.306 bits per heavy atom. The number of aromatic nitrogens is 8. The van der Waals surface area contributed by atoms with Gasteiger partial charge >= 0.3 is 17.1 Å². The third-order valence-electron chi connectivity index (χ3n) is 9.25. The Hall–Kier alpha value is -6.28. The SMILES string of the molecule is [Cu+2].c1ccc2c(c1)-c1nc-2nc2[n-]c(nc3nc(nc4[n-]c(n1)c1ccccc41)-c1cc4ccccc4cc1-3)c1cc3ccccc3cc21. The van der Waals surface area contributed by atoms with Gasteiger partial charge in [-0.15, -0.1) is 0 Å². The summed E-state index contributed by atoms with van der Waals surface area (Å²) in [6, 6.07) is 41.1. The van der Waals surface area contributed by atoms with Gasteiger partial charge in [0, 0.05) is 44.8 Å². The van der Waals surface area contributed by atoms with Crippen molar-refractivity contribution in [3.05, 3.63) is 121 Å². The van der Waals surface area contributed by atoms with Crippen LogP contribution < -0.4 is 9.97 Å². The Balaban J connectivity index is 0.00000306. The molecule has 2 aliphatic rings. The maximum absolute atomic E-state index is 5.16. The molecule has 0 N–H and O–H groups in total. The fourth-order valence-electron chi connectivity index (χ4n) is 6.93. The van der Waals surface area contributed by atoms with E-state index in [0.717, 1.165) is 65.3 Å². The molecule has 0 spiro atoms. The molecule has 1 radical (unpaired) electrons. The minimum Gasteiger partial charge on any atom is -0.357 e. The van der Waals surface area contributed by atoms with E-state index in [1.807, 2.05) is 72.8 Å². The van der Waals surface area contributed by atoms with Crippen molar-refractivity contribution in [3.63, 3.8) is 0 Å². The molecule has 6 aromatic carbocycles. The van der Waals surface area contributed by atoms with E-state index in [2.05, 4.69) is 48.5 Å². The molecular weight excluding hydrogens is 656 g/mol. The Kier molecular flexibility index (Phi) is 5.88. The zero-order valence-corrected chi connectivity index (χ0v) is 26.4. The van der Waals surface area contributed by atoms with Crippen LogP contribution in [0.5, 0.6) is 0 Å². The quantitative estimate of drug-likeness (QED) is 0.148. The van der Waals surface area contributed by atoms with Crippen LogP contribution >= 0.6 is 0 Å². The van der Waals surface area contributed by atoms with Crippen LogP contribution in [-0.4, -0.2) is 29.9 Å². The molecule has 2 aliphatic heterocycles. The molecule has 0 fully saturated rings. The second-order valence-electron chi connectivity index (χ2n) is 12.1. The Morgan fingerprint density at radius 2 is 0.633 bits per heavy atom. The number of rotatable bonds is 0. The van der Waals surface area contributed by atoms with Gasteiger partial charge < -0.3 is 29.9 Å². The molecule has 0 aliphatic carbocycles. The molecule has 8 nitrogen and oxygen atoms in total. The van der Waals surface area contributed by atoms with Gasteiger partial charge in [0.15, 0.2) is 0 Å². The number of benzene rings is 6. The first-order valence-corrected chi connectivity index (χ1v) is 15.7. The molecule has 231 valence electrons. The summed E-state index contributed by atoms with van der Waals surface area (Å²) in [5.74, 6) is 2.17. The van der Waals surface area contributed by atoms with Gasteiger partial charge in [-0.2, -0.15) is 0 Å². The first kappa shape index (κ1) is 27.8. The largest absolute Gasteiger partial charge is 2.00 e. The number of hydrogen-bond donors (Lipinski definition) is 0. The molecule has 5 heterocycles. The van der Waals surface area contributed by atoms with Crippen molar-refractivity contribution < 1.29 is 17.1 Å². The van der Waals surface area contributed by atoms with E-state index < -0.39 is 0 Å². The third kappa shape index (κ3) is 4.16. The first-order valence-electron chi connectivity index (χ1n) is 15.7. The average Bonchev–Trinajstić information content (AvgIpc) is 3.85. The summed E-state index contributed by atoms with van der Waals surface area (Å²) in [7, 11) is 0. The molecule has 0 saturated carbocycles. The monoisotopic (exact) mass is 675 g/mol. The molecule has 49 heavy (non-hydrogen) atoms. The number of hydrogen-bond acceptors (Lipinski definition) is 6. The summed E-state index contributed by atoms with van der Waals surface area (Å²) in [6.07, 6.45) is 0. The van der Waals surface area contributed by atoms with Crippen molar-refractivity contribution >= 4 is 65.7 Å². The van der Waals surface area contributed by atoms with Crippen molar-refractivity contribution in [2.24, 2.45) is 0 Å². The van der Waals surface area contributed by atoms with Gasteiger partial charge in [-0.1, -0.05) is 97.1 Å². The Bertz CT molecular complexity index is 3030. The molecule has 9 heteroatoms. The van der Waals surface area contributed by atoms with E-state index in [9.17, 15) is 0 Å². The summed E-state index contributed by atoms with van der Waals surface area (Å²) in [5.41, 5.74) is 5.73. The minimum absolute atomic E-state index is 0. The fourth-order valence-corrected chi connectivity index (χ4v) is 6.93. The van der Waals surface area contributed by atoms with Crippen LogP contribution in [0.15, 0.2) is 121 Å². The van der Waals surface area contributed by atoms with Gasteiger partial charge in [-0.25, -0.2) is 9.97 Å². The van der Waals surface area contributed by atoms with Crippen LogP contribution in [-0.2, 0) is 17.1 Å². The van der Waals surface area contributed by atoms with Gasteiger partial charge in [-0.3, -0.25) is 0 Å². The van der Waals surface area contributed by atoms with E-state index in [4.69, 9.17) is 39.9 Å². The van der Waals surface area contributed by atoms with Gasteiger partial charge in [0.2, 0.25) is 0 Å². The predicted octanol–water partition coefficient (Wildman–Crippen LogP) is 8.43. The molecule has 9 aromatic rings. The van der Waals surface area contributed by atoms with Crippen molar-refractivity contribution in [1.82, 2.24) is 39.9 Å². The fraction of sp³-hybridized carbons (Fsp3) is 0. The third-order valence-corrected chi connectivity index (χ3v) is 9.25. The van der Waals surface area contributed by atoms with Crippen LogP contribution in [0, 0.1) is 0 Å². The van der Waals surface area contributed by atoms with Crippen molar-refractivity contribution in [3.8, 4) is 45.6 Å². The molecule has 3 aromatic heterocycles. The number of nitrogens with zero attached hydrogens (tertiary/aromatic N) is 8. The van der Waals surface area contributed by atoms with Gasteiger partial charge in [0.05, 0.1) is 23.3 Å². The second kappa shape index (κ2) is 10.4. The molecular formula is C40H20CuN8. The van der Waals surface area contributed by atoms with E-state index in [0.29, 0.717) is 45.9 Å². The average molecular weight is 676 g/mol. The maximum Gasteiger partial charge on any atom is 2.00 e. The van der Waals surface area contributed by atoms with Crippen LogP contribution in [0.4, 0.5) is 0 Å². The standard InChI is InChI=1S/C40H20N8.Cu/c1-3-11-23-19-31-29(17-21(23)9-1)37-44-35-27-15-7-5-13-25(27)33(42-35)41-34-26-14-6-8-16-28(26)36(43-34)45-38-30-18-22-10-2-4-12-24(22)20-32(30)40(47-38)48-39(31)46-37;/h1-20H;/q-2;+2. The van der Waals surface area contributed by atoms with Gasteiger partial charge in [-0.05, 0) is 67.4 Å². The summed E-state index contributed by atoms with van der Waals surface area (Å²) >= 11 is 0. The maximum atomic E-state index is 5.16. The molecule has 0 saturated heterocycles. The summed E-state index contributed by atoms with van der Waals surface area (Å²) in [5, 5.41) is 7.93. The molecule has 0 atom stereocenters. The summed E-state index contributed by atoms with van der Waals surface area (Å²) in [6.45, 7) is 0. The van der Waals surface area contributed by atoms with Crippen molar-refractivity contribution in [2.45, 2.75) is 0 Å². The summed E-state index contributed by atoms with van der Waals surface area (Å²) < 4.78 is 0. The normalized spacial score (nSPS) is 11.9. The van der Waals surface area contributed by atoms with Gasteiger partial charge in [0.25, 0.3) is 0 Å². The van der Waals surface area contributed by atoms with E-state index in [1.165, 1.54) is 0 Å². The van der Waals surface area contributed by atoms with Crippen LogP contribution in [0.3, 0.4) is 0 Å². The van der Waals surface area contributed by atoms with Crippen LogP contribution in [0.1, 0.15) is 0 Å². The number of fused-ring (bicyclic) bond motifs is 22. The first-order chi connectivity index (χ1) is 23.7. The van der Waals surface area contributed by atoms with Crippen LogP contribution in [0.25, 0.3) is 111 Å². The second-order valence-corrected chi connectivity index (χ2v) is 12.1. The molecule has 0 amide bonds. The topological polar surface area (TPSA) is 106 Å². The molecule has 0 unspecified atom stereocenters. The van der Waals surface area contributed by atoms with E-state index in [-0.39, 0.29) is 17.1 Å². The smallest absolute Gasteiger partial charge is 0.357 e. The molecule has 11 rings (SSSR count). The van der Waals surface area contributed by atoms with Crippen LogP contribution in [0.2, 0.25) is 0 Å². The zero-order chi connectivity index (χ0) is 31.3. The zero-order valence-electron chi connectivity index (χ0n) is 25.4. The van der Waals surface area contributed by atoms with E-state index in [1.54, 1.807) is 0 Å². The minimum atomic E-state index is 0. The van der Waals surface area contributed by atoms with Gasteiger partial charge in [0.1, 0.15) is 0 Å².